The molecule has 1 saturated carbocycles. The van der Waals surface area contributed by atoms with Gasteiger partial charge in [0.2, 0.25) is 0 Å². The molecule has 0 aromatic rings. The van der Waals surface area contributed by atoms with Crippen molar-refractivity contribution in [1.82, 2.24) is 0 Å². The van der Waals surface area contributed by atoms with Crippen molar-refractivity contribution in [1.29, 1.82) is 0 Å². The second kappa shape index (κ2) is 2.48. The highest BCUT2D eigenvalue weighted by Crippen LogP contribution is 2.48. The Morgan fingerprint density at radius 3 is 1.80 bits per heavy atom. The maximum atomic E-state index is 3.03. The normalized spacial score (nSPS) is 39.6. The Hall–Kier alpha value is 0.430. The van der Waals surface area contributed by atoms with Gasteiger partial charge in [-0.05, 0) is 23.4 Å². The van der Waals surface area contributed by atoms with Gasteiger partial charge in [0.25, 0.3) is 0 Å². The molecule has 1 rings (SSSR count). The van der Waals surface area contributed by atoms with Gasteiger partial charge in [-0.15, -0.1) is 9.24 Å². The maximum Gasteiger partial charge on any atom is -0.0127 e. The lowest BCUT2D eigenvalue weighted by Crippen LogP contribution is -2.38. The minimum Gasteiger partial charge on any atom is -0.131 e. The summed E-state index contributed by atoms with van der Waals surface area (Å²) < 4.78 is 0. The summed E-state index contributed by atoms with van der Waals surface area (Å²) in [4.78, 5) is 0. The van der Waals surface area contributed by atoms with Gasteiger partial charge in [0.15, 0.2) is 0 Å². The van der Waals surface area contributed by atoms with Crippen molar-refractivity contribution >= 4 is 9.24 Å². The molecule has 2 unspecified atom stereocenters. The summed E-state index contributed by atoms with van der Waals surface area (Å²) in [5.41, 5.74) is 0.538. The van der Waals surface area contributed by atoms with Crippen LogP contribution in [0.1, 0.15) is 46.5 Å². The zero-order chi connectivity index (χ0) is 7.83. The van der Waals surface area contributed by atoms with E-state index < -0.39 is 0 Å². The van der Waals surface area contributed by atoms with E-state index in [1.165, 1.54) is 25.7 Å². The van der Waals surface area contributed by atoms with Crippen LogP contribution in [0.4, 0.5) is 0 Å². The van der Waals surface area contributed by atoms with Crippen LogP contribution < -0.4 is 0 Å². The van der Waals surface area contributed by atoms with E-state index in [1.807, 2.05) is 0 Å². The summed E-state index contributed by atoms with van der Waals surface area (Å²) in [6.45, 7) is 7.15. The van der Waals surface area contributed by atoms with Crippen molar-refractivity contribution in [2.45, 2.75) is 51.6 Å². The SMILES string of the molecule is CC1(C)CCCCC1(C)P. The van der Waals surface area contributed by atoms with Crippen molar-refractivity contribution in [3.05, 3.63) is 0 Å². The number of hydrogen-bond acceptors (Lipinski definition) is 0. The molecule has 1 fully saturated rings. The molecule has 0 heterocycles. The molecule has 0 bridgehead atoms. The van der Waals surface area contributed by atoms with Crippen LogP contribution in [-0.4, -0.2) is 5.16 Å². The van der Waals surface area contributed by atoms with Crippen LogP contribution in [0.15, 0.2) is 0 Å². The van der Waals surface area contributed by atoms with Gasteiger partial charge in [-0.3, -0.25) is 0 Å². The molecule has 0 aromatic carbocycles. The highest BCUT2D eigenvalue weighted by Gasteiger charge is 2.38. The fourth-order valence-electron chi connectivity index (χ4n) is 1.68. The first-order valence-electron chi connectivity index (χ1n) is 4.25. The van der Waals surface area contributed by atoms with Crippen LogP contribution >= 0.6 is 9.24 Å². The maximum absolute atomic E-state index is 3.03. The molecule has 60 valence electrons. The van der Waals surface area contributed by atoms with Gasteiger partial charge in [-0.1, -0.05) is 33.6 Å². The van der Waals surface area contributed by atoms with E-state index in [0.29, 0.717) is 10.6 Å². The molecule has 2 atom stereocenters. The smallest absolute Gasteiger partial charge is 0.0127 e. The molecule has 1 aliphatic rings. The van der Waals surface area contributed by atoms with Crippen molar-refractivity contribution in [3.63, 3.8) is 0 Å². The Kier molecular flexibility index (Phi) is 2.12. The van der Waals surface area contributed by atoms with Crippen LogP contribution in [0.25, 0.3) is 0 Å². The predicted molar refractivity (Wildman–Crippen MR) is 50.4 cm³/mol. The predicted octanol–water partition coefficient (Wildman–Crippen LogP) is 3.22. The Morgan fingerprint density at radius 1 is 1.00 bits per heavy atom. The van der Waals surface area contributed by atoms with Crippen LogP contribution in [-0.2, 0) is 0 Å². The third kappa shape index (κ3) is 1.37. The van der Waals surface area contributed by atoms with E-state index in [-0.39, 0.29) is 0 Å². The molecule has 0 radical (unpaired) electrons. The summed E-state index contributed by atoms with van der Waals surface area (Å²) >= 11 is 0. The van der Waals surface area contributed by atoms with Gasteiger partial charge < -0.3 is 0 Å². The van der Waals surface area contributed by atoms with Gasteiger partial charge in [0.05, 0.1) is 0 Å². The summed E-state index contributed by atoms with van der Waals surface area (Å²) in [6.07, 6.45) is 5.62. The summed E-state index contributed by atoms with van der Waals surface area (Å²) in [5.74, 6) is 0. The molecule has 0 aliphatic heterocycles. The van der Waals surface area contributed by atoms with Gasteiger partial charge >= 0.3 is 0 Å². The lowest BCUT2D eigenvalue weighted by molar-refractivity contribution is 0.184. The van der Waals surface area contributed by atoms with E-state index in [4.69, 9.17) is 0 Å². The Bertz CT molecular complexity index is 109. The molecule has 1 heteroatoms. The monoisotopic (exact) mass is 158 g/mol. The second-order valence-electron chi connectivity index (χ2n) is 4.51. The third-order valence-electron chi connectivity index (χ3n) is 3.29. The minimum absolute atomic E-state index is 0.491. The van der Waals surface area contributed by atoms with E-state index in [1.54, 1.807) is 0 Å². The zero-order valence-corrected chi connectivity index (χ0v) is 8.56. The number of hydrogen-bond donors (Lipinski definition) is 0. The Morgan fingerprint density at radius 2 is 1.50 bits per heavy atom. The van der Waals surface area contributed by atoms with Gasteiger partial charge in [-0.2, -0.15) is 0 Å². The molecule has 10 heavy (non-hydrogen) atoms. The summed E-state index contributed by atoms with van der Waals surface area (Å²) in [7, 11) is 3.03. The summed E-state index contributed by atoms with van der Waals surface area (Å²) in [5, 5.41) is 0.491. The average molecular weight is 158 g/mol. The third-order valence-corrected chi connectivity index (χ3v) is 4.36. The molecule has 0 aromatic heterocycles. The van der Waals surface area contributed by atoms with E-state index in [2.05, 4.69) is 30.0 Å². The van der Waals surface area contributed by atoms with Gasteiger partial charge in [-0.25, -0.2) is 0 Å². The molecule has 0 nitrogen and oxygen atoms in total. The van der Waals surface area contributed by atoms with Crippen molar-refractivity contribution in [3.8, 4) is 0 Å². The first kappa shape index (κ1) is 8.53. The quantitative estimate of drug-likeness (QED) is 0.475. The second-order valence-corrected chi connectivity index (χ2v) is 5.78. The van der Waals surface area contributed by atoms with Crippen molar-refractivity contribution in [2.24, 2.45) is 5.41 Å². The van der Waals surface area contributed by atoms with E-state index in [9.17, 15) is 0 Å². The molecular weight excluding hydrogens is 139 g/mol. The van der Waals surface area contributed by atoms with Crippen LogP contribution in [0.3, 0.4) is 0 Å². The first-order valence-corrected chi connectivity index (χ1v) is 4.82. The standard InChI is InChI=1S/C9H19P/c1-8(2)6-4-5-7-9(8,3)10/h4-7,10H2,1-3H3. The molecular formula is C9H19P. The van der Waals surface area contributed by atoms with Gasteiger partial charge in [0, 0.05) is 0 Å². The topological polar surface area (TPSA) is 0 Å². The summed E-state index contributed by atoms with van der Waals surface area (Å²) in [6, 6.07) is 0. The lowest BCUT2D eigenvalue weighted by Gasteiger charge is -2.45. The van der Waals surface area contributed by atoms with E-state index >= 15 is 0 Å². The molecule has 0 N–H and O–H groups in total. The zero-order valence-electron chi connectivity index (χ0n) is 7.41. The van der Waals surface area contributed by atoms with Crippen molar-refractivity contribution < 1.29 is 0 Å². The largest absolute Gasteiger partial charge is 0.131 e. The fraction of sp³-hybridized carbons (Fsp3) is 1.00. The van der Waals surface area contributed by atoms with E-state index in [0.717, 1.165) is 0 Å². The minimum atomic E-state index is 0.491. The highest BCUT2D eigenvalue weighted by molar-refractivity contribution is 7.19. The highest BCUT2D eigenvalue weighted by atomic mass is 31.0. The lowest BCUT2D eigenvalue weighted by atomic mass is 9.69. The molecule has 0 amide bonds. The van der Waals surface area contributed by atoms with Crippen LogP contribution in [0, 0.1) is 5.41 Å². The fourth-order valence-corrected chi connectivity index (χ4v) is 2.03. The first-order chi connectivity index (χ1) is 4.46. The molecule has 0 saturated heterocycles. The molecule has 1 aliphatic carbocycles. The van der Waals surface area contributed by atoms with Crippen molar-refractivity contribution in [2.75, 3.05) is 0 Å². The molecule has 0 spiro atoms. The Balaban J connectivity index is 2.70. The van der Waals surface area contributed by atoms with Crippen LogP contribution in [0.5, 0.6) is 0 Å². The number of rotatable bonds is 0. The van der Waals surface area contributed by atoms with Gasteiger partial charge in [0.1, 0.15) is 0 Å². The van der Waals surface area contributed by atoms with Crippen LogP contribution in [0.2, 0.25) is 0 Å². The Labute approximate surface area is 67.0 Å². The average Bonchev–Trinajstić information content (AvgIpc) is 1.77.